The Bertz CT molecular complexity index is 4770. The Morgan fingerprint density at radius 3 is 1.66 bits per heavy atom. The maximum Gasteiger partial charge on any atom is 0.248 e. The number of aliphatic hydroxyl groups excluding tert-OH is 1. The third-order valence-corrected chi connectivity index (χ3v) is 24.7. The van der Waals surface area contributed by atoms with Crippen molar-refractivity contribution >= 4 is 128 Å². The summed E-state index contributed by atoms with van der Waals surface area (Å²) in [6, 6.07) is 2.16. The van der Waals surface area contributed by atoms with Crippen LogP contribution in [-0.4, -0.2) is 288 Å². The number of fused-ring (bicyclic) bond motifs is 4. The van der Waals surface area contributed by atoms with Crippen LogP contribution in [-0.2, 0) is 96.0 Å². The minimum atomic E-state index is -1.75. The van der Waals surface area contributed by atoms with Crippen LogP contribution in [0.2, 0.25) is 0 Å². The van der Waals surface area contributed by atoms with E-state index in [1.807, 2.05) is 38.1 Å². The molecule has 2 aromatic heterocycles. The first-order chi connectivity index (χ1) is 60.7. The van der Waals surface area contributed by atoms with Crippen LogP contribution in [0.1, 0.15) is 169 Å². The molecule has 14 atom stereocenters. The number of unbranched alkanes of at least 4 members (excludes halogenated alkanes) is 2. The number of thioether (sulfide) groups is 1. The van der Waals surface area contributed by atoms with Crippen molar-refractivity contribution in [3.8, 4) is 5.75 Å². The number of hydrogen-bond donors (Lipinski definition) is 16. The molecular weight excluding hydrogens is 1670 g/mol. The quantitative estimate of drug-likeness (QED) is 0.0463. The molecule has 3 aromatic carbocycles. The molecule has 1 unspecified atom stereocenters. The predicted molar refractivity (Wildman–Crippen MR) is 481 cm³/mol. The highest BCUT2D eigenvalue weighted by molar-refractivity contribution is 8.00. The van der Waals surface area contributed by atoms with Crippen molar-refractivity contribution in [1.82, 2.24) is 87.6 Å². The number of aliphatic hydroxyl groups is 1. The number of aromatic nitrogens is 2. The minimum Gasteiger partial charge on any atom is -0.508 e. The van der Waals surface area contributed by atoms with E-state index in [2.05, 4.69) is 63.1 Å². The lowest BCUT2D eigenvalue weighted by Crippen LogP contribution is -2.62. The van der Waals surface area contributed by atoms with Gasteiger partial charge in [-0.05, 0) is 131 Å². The second kappa shape index (κ2) is 47.4. The van der Waals surface area contributed by atoms with E-state index in [-0.39, 0.29) is 114 Å². The second-order valence-electron chi connectivity index (χ2n) is 35.0. The van der Waals surface area contributed by atoms with Crippen molar-refractivity contribution in [2.24, 2.45) is 23.3 Å². The Hall–Kier alpha value is -11.7. The fraction of sp³-hybridized carbons (Fsp3) is 0.578. The SMILES string of the molecule is CCCC[C@H]1C(=O)N(C)[C@@H](CCCC)C(=O)N[C@@H](CC(C)C)C(=O)N[C@H](C(=O)NCC(N)=O)CSCC(=O)N[C@@H](Cc2ccc(O)cc2)C(=O)N(C)[C@@H](C)C(=O)NC(C)(C)C(=O)N2CCC[C@H]2C(=O)N[C@@H](CC)C(=O)N[C@@H](CC(C)C)C(=O)N2C[C@H](O)C[C@H]2C(=O)NC(Cc2c[nH]c3ccccc23)C(=O)N[C@@H](CCN)C(=O)N[C@@H](Cc2c[nH]c3ccccc23)C(=O)N1C. The Morgan fingerprint density at radius 1 is 0.555 bits per heavy atom. The molecule has 0 radical (unpaired) electrons. The van der Waals surface area contributed by atoms with E-state index >= 15 is 33.6 Å². The zero-order chi connectivity index (χ0) is 94.1. The molecule has 3 fully saturated rings. The van der Waals surface area contributed by atoms with Gasteiger partial charge < -0.3 is 109 Å². The lowest BCUT2D eigenvalue weighted by molar-refractivity contribution is -0.149. The van der Waals surface area contributed by atoms with Crippen LogP contribution in [0.15, 0.2) is 85.2 Å². The molecule has 8 rings (SSSR count). The fourth-order valence-corrected chi connectivity index (χ4v) is 17.2. The molecular formula is C90H131N19O18S. The van der Waals surface area contributed by atoms with E-state index < -0.39 is 197 Å². The number of phenols is 1. The highest BCUT2D eigenvalue weighted by Crippen LogP contribution is 2.29. The average molecular weight is 1800 g/mol. The number of phenolic OH excluding ortho intramolecular Hbond substituents is 1. The normalized spacial score (nSPS) is 25.5. The van der Waals surface area contributed by atoms with Crippen LogP contribution in [0, 0.1) is 11.8 Å². The summed E-state index contributed by atoms with van der Waals surface area (Å²) in [7, 11) is 4.13. The number of nitrogens with two attached hydrogens (primary N) is 2. The summed E-state index contributed by atoms with van der Waals surface area (Å²) in [5.41, 5.74) is 12.9. The topological polar surface area (TPSA) is 534 Å². The molecule has 0 spiro atoms. The van der Waals surface area contributed by atoms with Crippen molar-refractivity contribution in [2.75, 3.05) is 58.8 Å². The lowest BCUT2D eigenvalue weighted by atomic mass is 9.99. The first-order valence-corrected chi connectivity index (χ1v) is 45.4. The number of carbonyl (C=O) groups is 16. The van der Waals surface area contributed by atoms with Crippen molar-refractivity contribution in [3.63, 3.8) is 0 Å². The number of likely N-dealkylation sites (N-methyl/N-ethyl adjacent to an activating group) is 3. The van der Waals surface area contributed by atoms with Gasteiger partial charge in [0.05, 0.1) is 18.4 Å². The van der Waals surface area contributed by atoms with Gasteiger partial charge in [0.25, 0.3) is 0 Å². The summed E-state index contributed by atoms with van der Waals surface area (Å²) in [5, 5.41) is 50.4. The first-order valence-electron chi connectivity index (χ1n) is 44.3. The van der Waals surface area contributed by atoms with Gasteiger partial charge in [-0.3, -0.25) is 76.7 Å². The van der Waals surface area contributed by atoms with Crippen molar-refractivity contribution in [3.05, 3.63) is 102 Å². The second-order valence-corrected chi connectivity index (χ2v) is 36.0. The monoisotopic (exact) mass is 1800 g/mol. The molecule has 5 heterocycles. The van der Waals surface area contributed by atoms with E-state index in [4.69, 9.17) is 11.5 Å². The van der Waals surface area contributed by atoms with Gasteiger partial charge in [0.15, 0.2) is 0 Å². The summed E-state index contributed by atoms with van der Waals surface area (Å²) in [6.45, 7) is 15.6. The number of amides is 16. The largest absolute Gasteiger partial charge is 0.508 e. The molecule has 3 aliphatic rings. The Kier molecular flexibility index (Phi) is 37.7. The number of nitrogens with one attached hydrogen (secondary N) is 12. The predicted octanol–water partition coefficient (Wildman–Crippen LogP) is 1.19. The maximum atomic E-state index is 15.8. The summed E-state index contributed by atoms with van der Waals surface area (Å²) >= 11 is 0.840. The molecule has 3 aliphatic heterocycles. The van der Waals surface area contributed by atoms with Crippen LogP contribution in [0.25, 0.3) is 21.8 Å². The van der Waals surface area contributed by atoms with E-state index in [9.17, 15) is 53.4 Å². The number of H-pyrrole nitrogens is 2. The zero-order valence-electron chi connectivity index (χ0n) is 75.6. The van der Waals surface area contributed by atoms with Crippen molar-refractivity contribution < 1.29 is 86.9 Å². The molecule has 0 aliphatic carbocycles. The van der Waals surface area contributed by atoms with Gasteiger partial charge in [-0.2, -0.15) is 0 Å². The molecule has 38 heteroatoms. The highest BCUT2D eigenvalue weighted by atomic mass is 32.2. The number of carbonyl (C=O) groups excluding carboxylic acids is 16. The number of para-hydroxylation sites is 2. The Labute approximate surface area is 750 Å². The fourth-order valence-electron chi connectivity index (χ4n) is 16.4. The zero-order valence-corrected chi connectivity index (χ0v) is 76.4. The Balaban J connectivity index is 1.18. The molecule has 0 saturated carbocycles. The number of benzene rings is 3. The molecule has 16 amide bonds. The van der Waals surface area contributed by atoms with Gasteiger partial charge in [-0.15, -0.1) is 11.8 Å². The van der Waals surface area contributed by atoms with Gasteiger partial charge in [0, 0.05) is 99.9 Å². The summed E-state index contributed by atoms with van der Waals surface area (Å²) < 4.78 is 0. The standard InChI is InChI=1S/C90H131N19O18S/c1-14-17-28-70-82(120)99-64(38-50(4)5)80(118)103-69(77(115)95-46-74(92)112)48-128-49-75(113)96-67(40-53-31-33-56(110)34-32-53)85(123)105(11)52(8)76(114)104-90(9,10)89(127)108-37-23-30-71(108)83(121)97-60(16-3)78(116)101-66(39-51(6)7)87(125)109-47-57(111)43-73(109)84(122)100-65(41-54-44-93-61-26-21-19-24-58(54)61)81(119)98-63(35-36-91)79(117)102-68(42-55-45-94-62-27-22-20-25-59(55)62)86(124)107(13)72(29-18-15-2)88(126)106(70)12/h19-22,24-27,31-34,44-45,50-52,57,60,63-73,93-94,110-111H,14-18,23,28-30,35-43,46-49,91H2,1-13H3,(H2,92,112)(H,95,115)(H,96,113)(H,97,121)(H,98,119)(H,99,120)(H,100,122)(H,101,116)(H,102,117)(H,103,118)(H,104,114)/t52-,57+,60-,63-,64-,65?,66-,67-,68-,69-,70-,71-,72-,73-/m0/s1. The van der Waals surface area contributed by atoms with Crippen LogP contribution in [0.3, 0.4) is 0 Å². The maximum absolute atomic E-state index is 15.8. The molecule has 700 valence electrons. The third-order valence-electron chi connectivity index (χ3n) is 23.7. The Morgan fingerprint density at radius 2 is 1.06 bits per heavy atom. The van der Waals surface area contributed by atoms with Crippen molar-refractivity contribution in [1.29, 1.82) is 0 Å². The molecule has 37 nitrogen and oxygen atoms in total. The van der Waals surface area contributed by atoms with Crippen LogP contribution < -0.4 is 64.6 Å². The van der Waals surface area contributed by atoms with E-state index in [0.29, 0.717) is 70.6 Å². The summed E-state index contributed by atoms with van der Waals surface area (Å²) in [5.74, 6) is -14.4. The van der Waals surface area contributed by atoms with Gasteiger partial charge in [-0.25, -0.2) is 0 Å². The van der Waals surface area contributed by atoms with Gasteiger partial charge >= 0.3 is 0 Å². The number of rotatable bonds is 22. The minimum absolute atomic E-state index is 0.00477. The smallest absolute Gasteiger partial charge is 0.248 e. The summed E-state index contributed by atoms with van der Waals surface area (Å²) in [6.07, 6.45) is 3.38. The molecule has 128 heavy (non-hydrogen) atoms. The van der Waals surface area contributed by atoms with Gasteiger partial charge in [-0.1, -0.05) is 123 Å². The summed E-state index contributed by atoms with van der Waals surface area (Å²) in [4.78, 5) is 248. The first kappa shape index (κ1) is 102. The van der Waals surface area contributed by atoms with Crippen LogP contribution >= 0.6 is 11.8 Å². The number of primary amides is 1. The van der Waals surface area contributed by atoms with Gasteiger partial charge in [0.1, 0.15) is 89.8 Å². The highest BCUT2D eigenvalue weighted by Gasteiger charge is 2.47. The van der Waals surface area contributed by atoms with E-state index in [1.54, 1.807) is 71.3 Å². The van der Waals surface area contributed by atoms with Crippen molar-refractivity contribution in [2.45, 2.75) is 262 Å². The average Bonchev–Trinajstić information content (AvgIpc) is 1.42. The number of aromatic hydroxyl groups is 1. The van der Waals surface area contributed by atoms with E-state index in [1.165, 1.54) is 80.9 Å². The molecule has 3 saturated heterocycles. The number of hydrogen-bond acceptors (Lipinski definition) is 20. The molecule has 0 bridgehead atoms. The molecule has 5 aromatic rings. The molecule has 18 N–H and O–H groups in total. The van der Waals surface area contributed by atoms with Gasteiger partial charge in [0.2, 0.25) is 94.5 Å². The third kappa shape index (κ3) is 27.4. The van der Waals surface area contributed by atoms with Crippen LogP contribution in [0.4, 0.5) is 0 Å². The number of aromatic amines is 2. The lowest BCUT2D eigenvalue weighted by Gasteiger charge is -2.36. The van der Waals surface area contributed by atoms with Crippen LogP contribution in [0.5, 0.6) is 5.75 Å². The number of nitrogens with zero attached hydrogens (tertiary/aromatic N) is 5. The van der Waals surface area contributed by atoms with E-state index in [0.717, 1.165) is 21.6 Å².